The van der Waals surface area contributed by atoms with Gasteiger partial charge in [0.1, 0.15) is 0 Å². The van der Waals surface area contributed by atoms with E-state index in [1.807, 2.05) is 12.1 Å². The van der Waals surface area contributed by atoms with Crippen LogP contribution >= 0.6 is 34.5 Å². The van der Waals surface area contributed by atoms with Gasteiger partial charge in [-0.25, -0.2) is 3.11 Å². The first-order valence-corrected chi connectivity index (χ1v) is 7.77. The zero-order chi connectivity index (χ0) is 13.9. The van der Waals surface area contributed by atoms with Crippen LogP contribution in [0.2, 0.25) is 5.02 Å². The van der Waals surface area contributed by atoms with Crippen LogP contribution in [-0.2, 0) is 10.2 Å². The fraction of sp³-hybridized carbons (Fsp3) is 0.500. The number of hydrogen-bond donors (Lipinski definition) is 1. The third-order valence-electron chi connectivity index (χ3n) is 3.90. The number of hydrogen-bond acceptors (Lipinski definition) is 2. The summed E-state index contributed by atoms with van der Waals surface area (Å²) in [7, 11) is 1.70. The molecule has 2 rings (SSSR count). The number of benzene rings is 1. The third kappa shape index (κ3) is 3.61. The molecule has 0 saturated carbocycles. The molecule has 1 aromatic carbocycles. The van der Waals surface area contributed by atoms with Gasteiger partial charge in [-0.15, -0.1) is 0 Å². The maximum atomic E-state index is 11.9. The molecule has 1 amide bonds. The Kier molecular flexibility index (Phi) is 5.09. The van der Waals surface area contributed by atoms with Gasteiger partial charge in [-0.1, -0.05) is 23.7 Å². The van der Waals surface area contributed by atoms with Crippen molar-refractivity contribution in [3.05, 3.63) is 34.9 Å². The number of carbonyl (C=O) groups excluding carboxylic acids is 1. The van der Waals surface area contributed by atoms with Gasteiger partial charge in [0.25, 0.3) is 0 Å². The summed E-state index contributed by atoms with van der Waals surface area (Å²) < 4.78 is 2.29. The number of rotatable bonds is 3. The Labute approximate surface area is 133 Å². The monoisotopic (exact) mass is 392 g/mol. The molecule has 0 radical (unpaired) electrons. The average Bonchev–Trinajstić information content (AvgIpc) is 2.42. The van der Waals surface area contributed by atoms with E-state index in [9.17, 15) is 4.79 Å². The number of carbonyl (C=O) groups is 1. The van der Waals surface area contributed by atoms with Gasteiger partial charge >= 0.3 is 0 Å². The molecule has 0 unspecified atom stereocenters. The number of piperidine rings is 1. The molecule has 1 aliphatic rings. The average molecular weight is 393 g/mol. The summed E-state index contributed by atoms with van der Waals surface area (Å²) >= 11 is 8.32. The number of amides is 1. The van der Waals surface area contributed by atoms with E-state index in [0.717, 1.165) is 31.0 Å². The van der Waals surface area contributed by atoms with Crippen molar-refractivity contribution in [2.75, 3.05) is 20.1 Å². The Hall–Kier alpha value is -0.330. The summed E-state index contributed by atoms with van der Waals surface area (Å²) in [5.74, 6) is 0.108. The van der Waals surface area contributed by atoms with Crippen LogP contribution in [0.4, 0.5) is 0 Å². The van der Waals surface area contributed by atoms with Crippen LogP contribution in [0.5, 0.6) is 0 Å². The molecule has 1 aliphatic heterocycles. The van der Waals surface area contributed by atoms with E-state index in [-0.39, 0.29) is 11.3 Å². The lowest BCUT2D eigenvalue weighted by Crippen LogP contribution is -2.42. The van der Waals surface area contributed by atoms with Crippen molar-refractivity contribution in [1.29, 1.82) is 0 Å². The van der Waals surface area contributed by atoms with E-state index in [1.54, 1.807) is 7.05 Å². The molecule has 1 aromatic rings. The van der Waals surface area contributed by atoms with Crippen LogP contribution in [0.15, 0.2) is 24.3 Å². The fourth-order valence-electron chi connectivity index (χ4n) is 2.67. The van der Waals surface area contributed by atoms with Gasteiger partial charge in [0.15, 0.2) is 0 Å². The summed E-state index contributed by atoms with van der Waals surface area (Å²) in [6.45, 7) is 2.03. The highest BCUT2D eigenvalue weighted by Gasteiger charge is 2.37. The quantitative estimate of drug-likeness (QED) is 0.633. The molecule has 1 fully saturated rings. The zero-order valence-electron chi connectivity index (χ0n) is 11.0. The first kappa shape index (κ1) is 15.1. The molecule has 0 aliphatic carbocycles. The minimum Gasteiger partial charge on any atom is -0.359 e. The van der Waals surface area contributed by atoms with Gasteiger partial charge < -0.3 is 5.32 Å². The Morgan fingerprint density at radius 3 is 2.47 bits per heavy atom. The van der Waals surface area contributed by atoms with E-state index < -0.39 is 0 Å². The largest absolute Gasteiger partial charge is 0.359 e. The molecule has 0 atom stereocenters. The van der Waals surface area contributed by atoms with Crippen molar-refractivity contribution >= 4 is 40.4 Å². The van der Waals surface area contributed by atoms with E-state index in [0.29, 0.717) is 6.42 Å². The van der Waals surface area contributed by atoms with Crippen LogP contribution in [0.25, 0.3) is 0 Å². The SMILES string of the molecule is CNC(=O)CC1(c2ccc(Cl)cc2)CCN(I)CC1. The van der Waals surface area contributed by atoms with Crippen LogP contribution < -0.4 is 5.32 Å². The van der Waals surface area contributed by atoms with Gasteiger partial charge in [0.05, 0.1) is 0 Å². The van der Waals surface area contributed by atoms with Crippen molar-refractivity contribution in [2.24, 2.45) is 0 Å². The molecule has 0 spiro atoms. The van der Waals surface area contributed by atoms with Crippen molar-refractivity contribution in [3.8, 4) is 0 Å². The van der Waals surface area contributed by atoms with Crippen molar-refractivity contribution < 1.29 is 4.79 Å². The van der Waals surface area contributed by atoms with E-state index in [4.69, 9.17) is 11.6 Å². The predicted molar refractivity (Wildman–Crippen MR) is 86.6 cm³/mol. The Morgan fingerprint density at radius 1 is 1.37 bits per heavy atom. The summed E-state index contributed by atoms with van der Waals surface area (Å²) in [4.78, 5) is 11.9. The molecule has 0 aromatic heterocycles. The highest BCUT2D eigenvalue weighted by atomic mass is 127. The Morgan fingerprint density at radius 2 is 1.95 bits per heavy atom. The van der Waals surface area contributed by atoms with E-state index in [2.05, 4.69) is 43.4 Å². The summed E-state index contributed by atoms with van der Waals surface area (Å²) in [5.41, 5.74) is 1.18. The van der Waals surface area contributed by atoms with Crippen LogP contribution in [0.1, 0.15) is 24.8 Å². The second-order valence-corrected chi connectivity index (χ2v) is 6.85. The van der Waals surface area contributed by atoms with Crippen molar-refractivity contribution in [2.45, 2.75) is 24.7 Å². The lowest BCUT2D eigenvalue weighted by Gasteiger charge is -2.40. The molecule has 1 saturated heterocycles. The van der Waals surface area contributed by atoms with Crippen LogP contribution in [-0.4, -0.2) is 29.2 Å². The summed E-state index contributed by atoms with van der Waals surface area (Å²) in [5, 5.41) is 3.49. The molecule has 1 heterocycles. The van der Waals surface area contributed by atoms with Gasteiger partial charge in [0, 0.05) is 59.9 Å². The number of nitrogens with zero attached hydrogens (tertiary/aromatic N) is 1. The maximum Gasteiger partial charge on any atom is 0.220 e. The molecule has 1 N–H and O–H groups in total. The second-order valence-electron chi connectivity index (χ2n) is 5.05. The standard InChI is InChI=1S/C14H18ClIN2O/c1-17-13(19)10-14(6-8-18(16)9-7-14)11-2-4-12(15)5-3-11/h2-5H,6-10H2,1H3,(H,17,19). The normalized spacial score (nSPS) is 19.1. The Bertz CT molecular complexity index is 441. The number of halogens is 2. The molecule has 19 heavy (non-hydrogen) atoms. The zero-order valence-corrected chi connectivity index (χ0v) is 13.9. The summed E-state index contributed by atoms with van der Waals surface area (Å²) in [6.07, 6.45) is 2.56. The highest BCUT2D eigenvalue weighted by molar-refractivity contribution is 14.1. The van der Waals surface area contributed by atoms with Gasteiger partial charge in [-0.05, 0) is 30.5 Å². The fourth-order valence-corrected chi connectivity index (χ4v) is 3.28. The molecule has 0 bridgehead atoms. The maximum absolute atomic E-state index is 11.9. The third-order valence-corrected chi connectivity index (χ3v) is 5.12. The van der Waals surface area contributed by atoms with Gasteiger partial charge in [-0.3, -0.25) is 4.79 Å². The molecule has 104 valence electrons. The van der Waals surface area contributed by atoms with Gasteiger partial charge in [-0.2, -0.15) is 0 Å². The van der Waals surface area contributed by atoms with Crippen LogP contribution in [0, 0.1) is 0 Å². The van der Waals surface area contributed by atoms with Gasteiger partial charge in [0.2, 0.25) is 5.91 Å². The minimum absolute atomic E-state index is 0.0493. The second kappa shape index (κ2) is 6.41. The smallest absolute Gasteiger partial charge is 0.220 e. The molecular formula is C14H18ClIN2O. The summed E-state index contributed by atoms with van der Waals surface area (Å²) in [6, 6.07) is 7.96. The first-order valence-electron chi connectivity index (χ1n) is 6.43. The predicted octanol–water partition coefficient (Wildman–Crippen LogP) is 3.16. The van der Waals surface area contributed by atoms with Crippen molar-refractivity contribution in [3.63, 3.8) is 0 Å². The lowest BCUT2D eigenvalue weighted by atomic mass is 9.70. The topological polar surface area (TPSA) is 32.3 Å². The Balaban J connectivity index is 2.28. The van der Waals surface area contributed by atoms with E-state index >= 15 is 0 Å². The molecule has 5 heteroatoms. The highest BCUT2D eigenvalue weighted by Crippen LogP contribution is 2.39. The van der Waals surface area contributed by atoms with E-state index in [1.165, 1.54) is 5.56 Å². The molecule has 3 nitrogen and oxygen atoms in total. The molecular weight excluding hydrogens is 375 g/mol. The van der Waals surface area contributed by atoms with Crippen molar-refractivity contribution in [1.82, 2.24) is 8.43 Å². The van der Waals surface area contributed by atoms with Crippen LogP contribution in [0.3, 0.4) is 0 Å². The minimum atomic E-state index is -0.0493. The lowest BCUT2D eigenvalue weighted by molar-refractivity contribution is -0.122. The number of nitrogens with one attached hydrogen (secondary N) is 1. The first-order chi connectivity index (χ1) is 9.05.